The fraction of sp³-hybridized carbons (Fsp3) is 0.588. The first-order valence-electron chi connectivity index (χ1n) is 7.73. The molecular weight excluding hydrogens is 250 g/mol. The summed E-state index contributed by atoms with van der Waals surface area (Å²) < 4.78 is 0. The molecule has 0 aliphatic rings. The lowest BCUT2D eigenvalue weighted by molar-refractivity contribution is -0.137. The second kappa shape index (κ2) is 9.40. The largest absolute Gasteiger partial charge is 0.481 e. The van der Waals surface area contributed by atoms with E-state index in [1.54, 1.807) is 0 Å². The molecule has 0 radical (unpaired) electrons. The zero-order valence-electron chi connectivity index (χ0n) is 12.8. The van der Waals surface area contributed by atoms with Gasteiger partial charge in [-0.1, -0.05) is 32.4 Å². The summed E-state index contributed by atoms with van der Waals surface area (Å²) in [5.74, 6) is -0.713. The zero-order chi connectivity index (χ0) is 14.8. The highest BCUT2D eigenvalue weighted by molar-refractivity contribution is 5.66. The highest BCUT2D eigenvalue weighted by Gasteiger charge is 2.05. The van der Waals surface area contributed by atoms with E-state index >= 15 is 0 Å². The van der Waals surface area contributed by atoms with Crippen LogP contribution in [0, 0.1) is 0 Å². The molecular formula is C17H27NO2. The molecule has 0 heterocycles. The normalized spacial score (nSPS) is 10.5. The number of benzene rings is 1. The van der Waals surface area contributed by atoms with Crippen LogP contribution in [-0.2, 0) is 11.2 Å². The molecule has 0 aromatic heterocycles. The predicted octanol–water partition coefficient (Wildman–Crippen LogP) is 4.11. The summed E-state index contributed by atoms with van der Waals surface area (Å²) in [6, 6.07) is 8.60. The van der Waals surface area contributed by atoms with Crippen LogP contribution < -0.4 is 4.90 Å². The van der Waals surface area contributed by atoms with Crippen LogP contribution in [0.3, 0.4) is 0 Å². The van der Waals surface area contributed by atoms with E-state index in [0.717, 1.165) is 25.9 Å². The van der Waals surface area contributed by atoms with Gasteiger partial charge in [-0.2, -0.15) is 0 Å². The summed E-state index contributed by atoms with van der Waals surface area (Å²) in [7, 11) is 0. The molecule has 0 fully saturated rings. The number of rotatable bonds is 10. The third-order valence-electron chi connectivity index (χ3n) is 3.43. The minimum absolute atomic E-state index is 0.250. The van der Waals surface area contributed by atoms with Gasteiger partial charge in [0.15, 0.2) is 0 Å². The quantitative estimate of drug-likeness (QED) is 0.699. The Hall–Kier alpha value is -1.51. The second-order valence-electron chi connectivity index (χ2n) is 5.25. The fourth-order valence-corrected chi connectivity index (χ4v) is 2.31. The minimum atomic E-state index is -0.713. The molecule has 1 N–H and O–H groups in total. The Bertz CT molecular complexity index is 386. The zero-order valence-corrected chi connectivity index (χ0v) is 12.8. The predicted molar refractivity (Wildman–Crippen MR) is 84.4 cm³/mol. The van der Waals surface area contributed by atoms with Gasteiger partial charge in [-0.3, -0.25) is 4.79 Å². The van der Waals surface area contributed by atoms with Crippen LogP contribution in [0.25, 0.3) is 0 Å². The number of nitrogens with zero attached hydrogens (tertiary/aromatic N) is 1. The van der Waals surface area contributed by atoms with Crippen LogP contribution in [0.15, 0.2) is 24.3 Å². The molecule has 0 saturated heterocycles. The Morgan fingerprint density at radius 2 is 1.75 bits per heavy atom. The molecule has 20 heavy (non-hydrogen) atoms. The van der Waals surface area contributed by atoms with Gasteiger partial charge in [0.25, 0.3) is 0 Å². The number of hydrogen-bond donors (Lipinski definition) is 1. The Kier molecular flexibility index (Phi) is 7.78. The summed E-state index contributed by atoms with van der Waals surface area (Å²) in [5, 5.41) is 8.64. The van der Waals surface area contributed by atoms with Crippen LogP contribution >= 0.6 is 0 Å². The number of aliphatic carboxylic acids is 1. The van der Waals surface area contributed by atoms with E-state index in [2.05, 4.69) is 43.0 Å². The molecule has 3 nitrogen and oxygen atoms in total. The fourth-order valence-electron chi connectivity index (χ4n) is 2.31. The average molecular weight is 277 g/mol. The number of aryl methyl sites for hydroxylation is 1. The van der Waals surface area contributed by atoms with E-state index in [9.17, 15) is 4.79 Å². The Balaban J connectivity index is 2.55. The molecule has 0 unspecified atom stereocenters. The van der Waals surface area contributed by atoms with Crippen molar-refractivity contribution in [2.75, 3.05) is 18.0 Å². The lowest BCUT2D eigenvalue weighted by atomic mass is 10.1. The van der Waals surface area contributed by atoms with Crippen LogP contribution in [0.2, 0.25) is 0 Å². The summed E-state index contributed by atoms with van der Waals surface area (Å²) in [6.45, 7) is 6.63. The highest BCUT2D eigenvalue weighted by Crippen LogP contribution is 2.17. The lowest BCUT2D eigenvalue weighted by Gasteiger charge is -2.24. The van der Waals surface area contributed by atoms with Gasteiger partial charge in [-0.15, -0.1) is 0 Å². The number of carboxylic acid groups (broad SMARTS) is 1. The number of hydrogen-bond acceptors (Lipinski definition) is 2. The first-order valence-corrected chi connectivity index (χ1v) is 7.73. The van der Waals surface area contributed by atoms with Gasteiger partial charge in [0.2, 0.25) is 0 Å². The molecule has 0 spiro atoms. The maximum atomic E-state index is 10.5. The number of anilines is 1. The van der Waals surface area contributed by atoms with Crippen LogP contribution in [0.4, 0.5) is 5.69 Å². The standard InChI is InChI=1S/C17H27NO2/c1-3-5-14-18(13-4-2)16-11-9-15(10-12-16)7-6-8-17(19)20/h9-12H,3-8,13-14H2,1-2H3,(H,19,20). The molecule has 3 heteroatoms. The van der Waals surface area contributed by atoms with Crippen molar-refractivity contribution in [2.45, 2.75) is 52.4 Å². The topological polar surface area (TPSA) is 40.5 Å². The van der Waals surface area contributed by atoms with Crippen molar-refractivity contribution in [3.63, 3.8) is 0 Å². The first kappa shape index (κ1) is 16.5. The van der Waals surface area contributed by atoms with Crippen molar-refractivity contribution in [2.24, 2.45) is 0 Å². The van der Waals surface area contributed by atoms with Crippen LogP contribution in [-0.4, -0.2) is 24.2 Å². The van der Waals surface area contributed by atoms with Gasteiger partial charge in [0.05, 0.1) is 0 Å². The van der Waals surface area contributed by atoms with Gasteiger partial charge in [0, 0.05) is 25.2 Å². The molecule has 0 atom stereocenters. The summed E-state index contributed by atoms with van der Waals surface area (Å²) >= 11 is 0. The SMILES string of the molecule is CCCCN(CCC)c1ccc(CCCC(=O)O)cc1. The molecule has 1 aromatic rings. The van der Waals surface area contributed by atoms with E-state index in [4.69, 9.17) is 5.11 Å². The number of carbonyl (C=O) groups is 1. The van der Waals surface area contributed by atoms with Crippen LogP contribution in [0.1, 0.15) is 51.5 Å². The van der Waals surface area contributed by atoms with Gasteiger partial charge < -0.3 is 10.0 Å². The van der Waals surface area contributed by atoms with E-state index in [1.165, 1.54) is 24.1 Å². The van der Waals surface area contributed by atoms with Crippen molar-refractivity contribution in [1.29, 1.82) is 0 Å². The summed E-state index contributed by atoms with van der Waals surface area (Å²) in [5.41, 5.74) is 2.50. The van der Waals surface area contributed by atoms with Gasteiger partial charge >= 0.3 is 5.97 Å². The average Bonchev–Trinajstić information content (AvgIpc) is 2.44. The minimum Gasteiger partial charge on any atom is -0.481 e. The number of unbranched alkanes of at least 4 members (excludes halogenated alkanes) is 1. The van der Waals surface area contributed by atoms with E-state index < -0.39 is 5.97 Å². The molecule has 1 rings (SSSR count). The van der Waals surface area contributed by atoms with Crippen molar-refractivity contribution >= 4 is 11.7 Å². The van der Waals surface area contributed by atoms with Crippen LogP contribution in [0.5, 0.6) is 0 Å². The Morgan fingerprint density at radius 1 is 1.05 bits per heavy atom. The summed E-state index contributed by atoms with van der Waals surface area (Å²) in [4.78, 5) is 12.9. The molecule has 112 valence electrons. The Morgan fingerprint density at radius 3 is 2.30 bits per heavy atom. The third kappa shape index (κ3) is 6.09. The molecule has 0 amide bonds. The highest BCUT2D eigenvalue weighted by atomic mass is 16.4. The monoisotopic (exact) mass is 277 g/mol. The van der Waals surface area contributed by atoms with Crippen molar-refractivity contribution in [3.8, 4) is 0 Å². The third-order valence-corrected chi connectivity index (χ3v) is 3.43. The first-order chi connectivity index (χ1) is 9.67. The molecule has 0 saturated carbocycles. The summed E-state index contributed by atoms with van der Waals surface area (Å²) in [6.07, 6.45) is 5.40. The molecule has 0 aliphatic carbocycles. The van der Waals surface area contributed by atoms with Crippen molar-refractivity contribution in [3.05, 3.63) is 29.8 Å². The van der Waals surface area contributed by atoms with E-state index in [1.807, 2.05) is 0 Å². The smallest absolute Gasteiger partial charge is 0.303 e. The van der Waals surface area contributed by atoms with E-state index in [-0.39, 0.29) is 6.42 Å². The van der Waals surface area contributed by atoms with Gasteiger partial charge in [-0.05, 0) is 43.4 Å². The molecule has 1 aromatic carbocycles. The van der Waals surface area contributed by atoms with Crippen molar-refractivity contribution < 1.29 is 9.90 Å². The molecule has 0 bridgehead atoms. The Labute approximate surface area is 122 Å². The van der Waals surface area contributed by atoms with Gasteiger partial charge in [-0.25, -0.2) is 0 Å². The maximum absolute atomic E-state index is 10.5. The molecule has 0 aliphatic heterocycles. The van der Waals surface area contributed by atoms with E-state index in [0.29, 0.717) is 6.42 Å². The maximum Gasteiger partial charge on any atom is 0.303 e. The lowest BCUT2D eigenvalue weighted by Crippen LogP contribution is -2.25. The van der Waals surface area contributed by atoms with Crippen molar-refractivity contribution in [1.82, 2.24) is 0 Å². The second-order valence-corrected chi connectivity index (χ2v) is 5.25. The number of carboxylic acids is 1. The van der Waals surface area contributed by atoms with Gasteiger partial charge in [0.1, 0.15) is 0 Å².